The third-order valence-electron chi connectivity index (χ3n) is 4.52. The van der Waals surface area contributed by atoms with Gasteiger partial charge in [0, 0.05) is 17.8 Å². The number of nitrogens with zero attached hydrogens (tertiary/aromatic N) is 3. The van der Waals surface area contributed by atoms with Crippen LogP contribution in [0.3, 0.4) is 0 Å². The Bertz CT molecular complexity index is 696. The number of thiophene rings is 1. The summed E-state index contributed by atoms with van der Waals surface area (Å²) >= 11 is 1.79. The van der Waals surface area contributed by atoms with E-state index in [1.54, 1.807) is 11.3 Å². The first-order valence-corrected chi connectivity index (χ1v) is 9.96. The molecule has 0 radical (unpaired) electrons. The molecule has 1 fully saturated rings. The van der Waals surface area contributed by atoms with Gasteiger partial charge in [-0.1, -0.05) is 26.3 Å². The Kier molecular flexibility index (Phi) is 6.11. The predicted octanol–water partition coefficient (Wildman–Crippen LogP) is 4.45. The van der Waals surface area contributed by atoms with Crippen LogP contribution in [0.5, 0.6) is 0 Å². The third-order valence-corrected chi connectivity index (χ3v) is 5.49. The van der Waals surface area contributed by atoms with Crippen LogP contribution in [0.4, 0.5) is 5.88 Å². The minimum absolute atomic E-state index is 0.311. The highest BCUT2D eigenvalue weighted by Crippen LogP contribution is 2.29. The molecule has 25 heavy (non-hydrogen) atoms. The number of nitriles is 1. The van der Waals surface area contributed by atoms with Crippen molar-refractivity contribution in [2.45, 2.75) is 45.6 Å². The molecule has 5 nitrogen and oxygen atoms in total. The number of hydrogen-bond acceptors (Lipinski definition) is 6. The van der Waals surface area contributed by atoms with Crippen LogP contribution >= 0.6 is 11.3 Å². The summed E-state index contributed by atoms with van der Waals surface area (Å²) in [5, 5.41) is 14.8. The molecular formula is C19H26N4OS. The Hall–Kier alpha value is -1.84. The SMILES string of the molecule is CC(C)Cc1nc(C#N)c(NC[C@H](c2cccs2)N2CCCCC2)o1. The average Bonchev–Trinajstić information content (AvgIpc) is 3.25. The van der Waals surface area contributed by atoms with Crippen molar-refractivity contribution in [3.05, 3.63) is 34.0 Å². The molecule has 2 aromatic heterocycles. The van der Waals surface area contributed by atoms with Crippen molar-refractivity contribution in [3.8, 4) is 6.07 Å². The molecular weight excluding hydrogens is 332 g/mol. The summed E-state index contributed by atoms with van der Waals surface area (Å²) < 4.78 is 5.81. The van der Waals surface area contributed by atoms with E-state index in [0.29, 0.717) is 29.4 Å². The number of oxazole rings is 1. The van der Waals surface area contributed by atoms with E-state index < -0.39 is 0 Å². The molecule has 1 N–H and O–H groups in total. The summed E-state index contributed by atoms with van der Waals surface area (Å²) in [6.45, 7) is 7.22. The molecule has 3 heterocycles. The number of likely N-dealkylation sites (tertiary alicyclic amines) is 1. The first kappa shape index (κ1) is 18.0. The van der Waals surface area contributed by atoms with Gasteiger partial charge in [-0.05, 0) is 43.3 Å². The number of rotatable bonds is 7. The Labute approximate surface area is 153 Å². The van der Waals surface area contributed by atoms with Crippen molar-refractivity contribution >= 4 is 17.2 Å². The molecule has 0 amide bonds. The Morgan fingerprint density at radius 2 is 2.16 bits per heavy atom. The second kappa shape index (κ2) is 8.50. The van der Waals surface area contributed by atoms with Crippen LogP contribution in [-0.2, 0) is 6.42 Å². The van der Waals surface area contributed by atoms with Gasteiger partial charge in [-0.25, -0.2) is 4.98 Å². The Balaban J connectivity index is 1.72. The van der Waals surface area contributed by atoms with E-state index in [1.807, 2.05) is 0 Å². The van der Waals surface area contributed by atoms with Gasteiger partial charge in [-0.2, -0.15) is 5.26 Å². The Morgan fingerprint density at radius 1 is 1.36 bits per heavy atom. The maximum absolute atomic E-state index is 9.34. The highest BCUT2D eigenvalue weighted by molar-refractivity contribution is 7.10. The van der Waals surface area contributed by atoms with Gasteiger partial charge in [0.05, 0.1) is 6.04 Å². The molecule has 134 valence electrons. The Morgan fingerprint density at radius 3 is 2.80 bits per heavy atom. The predicted molar refractivity (Wildman–Crippen MR) is 101 cm³/mol. The lowest BCUT2D eigenvalue weighted by Gasteiger charge is -2.34. The first-order chi connectivity index (χ1) is 12.2. The molecule has 0 saturated carbocycles. The number of piperidine rings is 1. The minimum atomic E-state index is 0.311. The van der Waals surface area contributed by atoms with E-state index in [4.69, 9.17) is 4.42 Å². The second-order valence-electron chi connectivity index (χ2n) is 7.00. The van der Waals surface area contributed by atoms with Crippen LogP contribution < -0.4 is 5.32 Å². The number of aromatic nitrogens is 1. The van der Waals surface area contributed by atoms with Crippen LogP contribution in [0.15, 0.2) is 21.9 Å². The zero-order chi connectivity index (χ0) is 17.6. The standard InChI is InChI=1S/C19H26N4OS/c1-14(2)11-18-22-15(12-20)19(24-18)21-13-16(17-7-6-10-25-17)23-8-4-3-5-9-23/h6-7,10,14,16,21H,3-5,8-9,11,13H2,1-2H3/t16-/m1/s1. The van der Waals surface area contributed by atoms with Crippen molar-refractivity contribution in [1.29, 1.82) is 5.26 Å². The number of anilines is 1. The van der Waals surface area contributed by atoms with Gasteiger partial charge in [0.2, 0.25) is 11.6 Å². The summed E-state index contributed by atoms with van der Waals surface area (Å²) in [7, 11) is 0. The first-order valence-electron chi connectivity index (χ1n) is 9.08. The van der Waals surface area contributed by atoms with Crippen LogP contribution in [0.2, 0.25) is 0 Å². The molecule has 0 spiro atoms. The summed E-state index contributed by atoms with van der Waals surface area (Å²) in [6.07, 6.45) is 4.58. The zero-order valence-corrected chi connectivity index (χ0v) is 15.8. The topological polar surface area (TPSA) is 65.1 Å². The molecule has 0 unspecified atom stereocenters. The number of hydrogen-bond donors (Lipinski definition) is 1. The lowest BCUT2D eigenvalue weighted by Crippen LogP contribution is -2.36. The van der Waals surface area contributed by atoms with Crippen LogP contribution in [0, 0.1) is 17.2 Å². The van der Waals surface area contributed by atoms with Crippen molar-refractivity contribution < 1.29 is 4.42 Å². The molecule has 6 heteroatoms. The lowest BCUT2D eigenvalue weighted by atomic mass is 10.1. The van der Waals surface area contributed by atoms with Gasteiger partial charge in [0.1, 0.15) is 6.07 Å². The summed E-state index contributed by atoms with van der Waals surface area (Å²) in [5.74, 6) is 1.60. The molecule has 1 atom stereocenters. The van der Waals surface area contributed by atoms with Gasteiger partial charge < -0.3 is 9.73 Å². The van der Waals surface area contributed by atoms with Gasteiger partial charge in [0.25, 0.3) is 0 Å². The maximum Gasteiger partial charge on any atom is 0.232 e. The van der Waals surface area contributed by atoms with E-state index in [0.717, 1.165) is 26.1 Å². The smallest absolute Gasteiger partial charge is 0.232 e. The fraction of sp³-hybridized carbons (Fsp3) is 0.579. The molecule has 1 aliphatic rings. The summed E-state index contributed by atoms with van der Waals surface area (Å²) in [5.41, 5.74) is 0.360. The van der Waals surface area contributed by atoms with Crippen molar-refractivity contribution in [1.82, 2.24) is 9.88 Å². The van der Waals surface area contributed by atoms with E-state index in [1.165, 1.54) is 24.1 Å². The highest BCUT2D eigenvalue weighted by atomic mass is 32.1. The quantitative estimate of drug-likeness (QED) is 0.792. The van der Waals surface area contributed by atoms with Gasteiger partial charge in [0.15, 0.2) is 5.89 Å². The van der Waals surface area contributed by atoms with Gasteiger partial charge in [-0.3, -0.25) is 4.90 Å². The number of nitrogens with one attached hydrogen (secondary N) is 1. The molecule has 0 aromatic carbocycles. The summed E-state index contributed by atoms with van der Waals surface area (Å²) in [6, 6.07) is 6.76. The molecule has 0 aliphatic carbocycles. The van der Waals surface area contributed by atoms with E-state index >= 15 is 0 Å². The molecule has 1 saturated heterocycles. The second-order valence-corrected chi connectivity index (χ2v) is 7.98. The van der Waals surface area contributed by atoms with Crippen LogP contribution in [0.1, 0.15) is 55.6 Å². The fourth-order valence-corrected chi connectivity index (χ4v) is 4.17. The largest absolute Gasteiger partial charge is 0.424 e. The lowest BCUT2D eigenvalue weighted by molar-refractivity contribution is 0.172. The van der Waals surface area contributed by atoms with E-state index in [2.05, 4.69) is 52.6 Å². The van der Waals surface area contributed by atoms with Crippen LogP contribution in [0.25, 0.3) is 0 Å². The zero-order valence-electron chi connectivity index (χ0n) is 15.0. The third kappa shape index (κ3) is 4.62. The molecule has 1 aliphatic heterocycles. The average molecular weight is 359 g/mol. The van der Waals surface area contributed by atoms with Crippen molar-refractivity contribution in [2.75, 3.05) is 25.0 Å². The molecule has 3 rings (SSSR count). The highest BCUT2D eigenvalue weighted by Gasteiger charge is 2.24. The van der Waals surface area contributed by atoms with Crippen molar-refractivity contribution in [3.63, 3.8) is 0 Å². The van der Waals surface area contributed by atoms with Gasteiger partial charge >= 0.3 is 0 Å². The van der Waals surface area contributed by atoms with Gasteiger partial charge in [-0.15, -0.1) is 11.3 Å². The summed E-state index contributed by atoms with van der Waals surface area (Å²) in [4.78, 5) is 8.22. The minimum Gasteiger partial charge on any atom is -0.424 e. The van der Waals surface area contributed by atoms with Crippen LogP contribution in [-0.4, -0.2) is 29.5 Å². The molecule has 2 aromatic rings. The van der Waals surface area contributed by atoms with Crippen molar-refractivity contribution in [2.24, 2.45) is 5.92 Å². The molecule has 0 bridgehead atoms. The maximum atomic E-state index is 9.34. The normalized spacial score (nSPS) is 16.7. The van der Waals surface area contributed by atoms with E-state index in [9.17, 15) is 5.26 Å². The van der Waals surface area contributed by atoms with E-state index in [-0.39, 0.29) is 0 Å². The monoisotopic (exact) mass is 358 g/mol. The fourth-order valence-electron chi connectivity index (χ4n) is 3.31.